The number of aromatic nitrogens is 2. The van der Waals surface area contributed by atoms with Crippen LogP contribution < -0.4 is 0 Å². The fraction of sp³-hybridized carbons (Fsp3) is 0.250. The zero-order valence-corrected chi connectivity index (χ0v) is 8.54. The van der Waals surface area contributed by atoms with Crippen LogP contribution in [0.15, 0.2) is 11.0 Å². The van der Waals surface area contributed by atoms with Gasteiger partial charge in [0.2, 0.25) is 0 Å². The highest BCUT2D eigenvalue weighted by Gasteiger charge is 2.03. The van der Waals surface area contributed by atoms with Gasteiger partial charge in [0.1, 0.15) is 0 Å². The Bertz CT molecular complexity index is 395. The average Bonchev–Trinajstić information content (AvgIpc) is 2.30. The van der Waals surface area contributed by atoms with E-state index in [2.05, 4.69) is 22.6 Å². The average molecular weight is 196 g/mol. The third kappa shape index (κ3) is 1.21. The van der Waals surface area contributed by atoms with Gasteiger partial charge in [-0.3, -0.25) is 0 Å². The summed E-state index contributed by atoms with van der Waals surface area (Å²) in [6.07, 6.45) is 0. The molecule has 0 radical (unpaired) electrons. The first-order valence-electron chi connectivity index (χ1n) is 3.60. The van der Waals surface area contributed by atoms with E-state index in [4.69, 9.17) is 0 Å². The molecule has 4 heteroatoms. The predicted molar refractivity (Wildman–Crippen MR) is 54.1 cm³/mol. The van der Waals surface area contributed by atoms with Crippen LogP contribution >= 0.6 is 24.0 Å². The Balaban J connectivity index is 2.83. The Morgan fingerprint density at radius 2 is 2.08 bits per heavy atom. The van der Waals surface area contributed by atoms with Crippen LogP contribution in [-0.4, -0.2) is 9.97 Å². The molecule has 2 rings (SSSR count). The molecule has 0 bridgehead atoms. The molecule has 0 amide bonds. The molecule has 2 aromatic heterocycles. The van der Waals surface area contributed by atoms with Gasteiger partial charge in [-0.2, -0.15) is 0 Å². The number of hydrogen-bond donors (Lipinski definition) is 1. The van der Waals surface area contributed by atoms with Crippen LogP contribution in [0.2, 0.25) is 0 Å². The molecule has 2 nitrogen and oxygen atoms in total. The van der Waals surface area contributed by atoms with E-state index in [1.165, 1.54) is 0 Å². The van der Waals surface area contributed by atoms with Crippen molar-refractivity contribution >= 4 is 34.3 Å². The maximum Gasteiger partial charge on any atom is 0.170 e. The molecule has 0 atom stereocenters. The van der Waals surface area contributed by atoms with Crippen LogP contribution in [-0.2, 0) is 0 Å². The van der Waals surface area contributed by atoms with Gasteiger partial charge in [0.15, 0.2) is 5.65 Å². The van der Waals surface area contributed by atoms with Crippen molar-refractivity contribution in [3.8, 4) is 0 Å². The van der Waals surface area contributed by atoms with E-state index in [-0.39, 0.29) is 0 Å². The molecule has 2 heterocycles. The van der Waals surface area contributed by atoms with Gasteiger partial charge >= 0.3 is 0 Å². The number of thiol groups is 1. The van der Waals surface area contributed by atoms with Crippen molar-refractivity contribution in [3.63, 3.8) is 0 Å². The summed E-state index contributed by atoms with van der Waals surface area (Å²) in [4.78, 5) is 9.54. The molecular formula is C8H8N2S2. The van der Waals surface area contributed by atoms with Crippen molar-refractivity contribution in [2.45, 2.75) is 18.7 Å². The molecular weight excluding hydrogens is 188 g/mol. The van der Waals surface area contributed by atoms with Crippen LogP contribution in [0.3, 0.4) is 0 Å². The third-order valence-corrected chi connectivity index (χ3v) is 3.01. The Morgan fingerprint density at radius 3 is 2.83 bits per heavy atom. The molecule has 0 spiro atoms. The number of pyridine rings is 1. The first kappa shape index (κ1) is 8.01. The van der Waals surface area contributed by atoms with E-state index in [0.29, 0.717) is 0 Å². The van der Waals surface area contributed by atoms with Gasteiger partial charge in [-0.25, -0.2) is 9.97 Å². The molecule has 0 fully saturated rings. The van der Waals surface area contributed by atoms with Gasteiger partial charge in [-0.15, -0.1) is 24.0 Å². The molecule has 62 valence electrons. The van der Waals surface area contributed by atoms with E-state index in [1.54, 1.807) is 11.3 Å². The molecule has 0 saturated carbocycles. The van der Waals surface area contributed by atoms with Gasteiger partial charge in [0, 0.05) is 4.90 Å². The SMILES string of the molecule is Cc1nc2nc(C)c(S)cc2s1. The number of aryl methyl sites for hydroxylation is 2. The molecule has 0 aliphatic carbocycles. The van der Waals surface area contributed by atoms with Crippen molar-refractivity contribution in [1.82, 2.24) is 9.97 Å². The second kappa shape index (κ2) is 2.71. The minimum atomic E-state index is 0.841. The molecule has 0 aromatic carbocycles. The van der Waals surface area contributed by atoms with Gasteiger partial charge in [0.25, 0.3) is 0 Å². The Labute approximate surface area is 80.1 Å². The number of nitrogens with zero attached hydrogens (tertiary/aromatic N) is 2. The van der Waals surface area contributed by atoms with E-state index < -0.39 is 0 Å². The lowest BCUT2D eigenvalue weighted by Crippen LogP contribution is -1.83. The summed E-state index contributed by atoms with van der Waals surface area (Å²) in [5.41, 5.74) is 1.78. The van der Waals surface area contributed by atoms with Crippen molar-refractivity contribution in [1.29, 1.82) is 0 Å². The van der Waals surface area contributed by atoms with E-state index in [0.717, 1.165) is 25.9 Å². The Hall–Kier alpha value is -0.610. The predicted octanol–water partition coefficient (Wildman–Crippen LogP) is 2.60. The summed E-state index contributed by atoms with van der Waals surface area (Å²) >= 11 is 5.95. The summed E-state index contributed by atoms with van der Waals surface area (Å²) in [5.74, 6) is 0. The van der Waals surface area contributed by atoms with Crippen molar-refractivity contribution in [2.24, 2.45) is 0 Å². The second-order valence-corrected chi connectivity index (χ2v) is 4.36. The normalized spacial score (nSPS) is 10.9. The Morgan fingerprint density at radius 1 is 1.33 bits per heavy atom. The summed E-state index contributed by atoms with van der Waals surface area (Å²) in [5, 5.41) is 1.05. The monoisotopic (exact) mass is 196 g/mol. The smallest absolute Gasteiger partial charge is 0.170 e. The van der Waals surface area contributed by atoms with Gasteiger partial charge < -0.3 is 0 Å². The van der Waals surface area contributed by atoms with Crippen LogP contribution in [0.5, 0.6) is 0 Å². The van der Waals surface area contributed by atoms with Gasteiger partial charge in [-0.1, -0.05) is 0 Å². The van der Waals surface area contributed by atoms with Crippen molar-refractivity contribution < 1.29 is 0 Å². The topological polar surface area (TPSA) is 25.8 Å². The van der Waals surface area contributed by atoms with E-state index >= 15 is 0 Å². The maximum atomic E-state index is 4.32. The molecule has 2 aromatic rings. The van der Waals surface area contributed by atoms with Crippen molar-refractivity contribution in [2.75, 3.05) is 0 Å². The number of fused-ring (bicyclic) bond motifs is 1. The molecule has 0 N–H and O–H groups in total. The van der Waals surface area contributed by atoms with E-state index in [9.17, 15) is 0 Å². The lowest BCUT2D eigenvalue weighted by atomic mass is 10.4. The molecule has 0 unspecified atom stereocenters. The Kier molecular flexibility index (Phi) is 1.81. The number of hydrogen-bond acceptors (Lipinski definition) is 4. The summed E-state index contributed by atoms with van der Waals surface area (Å²) < 4.78 is 1.11. The highest BCUT2D eigenvalue weighted by atomic mass is 32.1. The summed E-state index contributed by atoms with van der Waals surface area (Å²) in [6.45, 7) is 3.93. The van der Waals surface area contributed by atoms with Crippen molar-refractivity contribution in [3.05, 3.63) is 16.8 Å². The van der Waals surface area contributed by atoms with Gasteiger partial charge in [-0.05, 0) is 19.9 Å². The fourth-order valence-electron chi connectivity index (χ4n) is 1.05. The highest BCUT2D eigenvalue weighted by molar-refractivity contribution is 7.80. The molecule has 0 aliphatic rings. The van der Waals surface area contributed by atoms with Gasteiger partial charge in [0.05, 0.1) is 15.4 Å². The number of rotatable bonds is 0. The first-order valence-corrected chi connectivity index (χ1v) is 4.87. The maximum absolute atomic E-state index is 4.32. The highest BCUT2D eigenvalue weighted by Crippen LogP contribution is 2.23. The van der Waals surface area contributed by atoms with E-state index in [1.807, 2.05) is 19.9 Å². The van der Waals surface area contributed by atoms with Crippen LogP contribution in [0.4, 0.5) is 0 Å². The largest absolute Gasteiger partial charge is 0.232 e. The lowest BCUT2D eigenvalue weighted by Gasteiger charge is -1.95. The van der Waals surface area contributed by atoms with Crippen LogP contribution in [0, 0.1) is 13.8 Å². The molecule has 0 aliphatic heterocycles. The standard InChI is InChI=1S/C8H8N2S2/c1-4-6(11)3-7-8(9-4)10-5(2)12-7/h3,11H,1-2H3. The van der Waals surface area contributed by atoms with Crippen LogP contribution in [0.1, 0.15) is 10.7 Å². The van der Waals surface area contributed by atoms with Crippen LogP contribution in [0.25, 0.3) is 10.3 Å². The first-order chi connectivity index (χ1) is 5.66. The molecule has 0 saturated heterocycles. The second-order valence-electron chi connectivity index (χ2n) is 2.65. The third-order valence-electron chi connectivity index (χ3n) is 1.65. The summed E-state index contributed by atoms with van der Waals surface area (Å²) in [7, 11) is 0. The summed E-state index contributed by atoms with van der Waals surface area (Å²) in [6, 6.07) is 2.02. The quantitative estimate of drug-likeness (QED) is 0.655. The number of thiazole rings is 1. The minimum Gasteiger partial charge on any atom is -0.232 e. The fourth-order valence-corrected chi connectivity index (χ4v) is 2.13. The molecule has 12 heavy (non-hydrogen) atoms. The zero-order valence-electron chi connectivity index (χ0n) is 6.83. The lowest BCUT2D eigenvalue weighted by molar-refractivity contribution is 1.14. The minimum absolute atomic E-state index is 0.841. The zero-order chi connectivity index (χ0) is 8.72.